The molecule has 0 fully saturated rings. The van der Waals surface area contributed by atoms with Crippen LogP contribution in [-0.2, 0) is 11.2 Å². The SMILES string of the molecule is CCN(CC)CCNC(=O)c1ccc(NC(=O)Cc2ccc(N)cc2)cc1. The molecular formula is C21H28N4O2. The van der Waals surface area contributed by atoms with Crippen molar-refractivity contribution in [2.45, 2.75) is 20.3 Å². The highest BCUT2D eigenvalue weighted by Gasteiger charge is 2.08. The quantitative estimate of drug-likeness (QED) is 0.594. The van der Waals surface area contributed by atoms with Crippen molar-refractivity contribution >= 4 is 23.2 Å². The average molecular weight is 368 g/mol. The lowest BCUT2D eigenvalue weighted by Gasteiger charge is -2.18. The van der Waals surface area contributed by atoms with Crippen LogP contribution >= 0.6 is 0 Å². The van der Waals surface area contributed by atoms with Gasteiger partial charge in [-0.25, -0.2) is 0 Å². The highest BCUT2D eigenvalue weighted by atomic mass is 16.2. The predicted molar refractivity (Wildman–Crippen MR) is 110 cm³/mol. The molecule has 0 aliphatic rings. The first kappa shape index (κ1) is 20.5. The Kier molecular flexibility index (Phi) is 7.82. The molecule has 0 saturated carbocycles. The zero-order valence-electron chi connectivity index (χ0n) is 16.0. The highest BCUT2D eigenvalue weighted by molar-refractivity contribution is 5.96. The summed E-state index contributed by atoms with van der Waals surface area (Å²) >= 11 is 0. The van der Waals surface area contributed by atoms with Gasteiger partial charge in [0, 0.05) is 30.0 Å². The van der Waals surface area contributed by atoms with Crippen molar-refractivity contribution in [2.24, 2.45) is 0 Å². The Morgan fingerprint density at radius 1 is 0.963 bits per heavy atom. The van der Waals surface area contributed by atoms with Gasteiger partial charge in [0.25, 0.3) is 5.91 Å². The van der Waals surface area contributed by atoms with E-state index in [0.717, 1.165) is 25.2 Å². The van der Waals surface area contributed by atoms with Crippen molar-refractivity contribution < 1.29 is 9.59 Å². The summed E-state index contributed by atoms with van der Waals surface area (Å²) in [6.45, 7) is 7.59. The van der Waals surface area contributed by atoms with E-state index in [0.29, 0.717) is 23.5 Å². The van der Waals surface area contributed by atoms with Crippen LogP contribution < -0.4 is 16.4 Å². The van der Waals surface area contributed by atoms with E-state index in [4.69, 9.17) is 5.73 Å². The Balaban J connectivity index is 1.82. The van der Waals surface area contributed by atoms with Gasteiger partial charge in [-0.3, -0.25) is 9.59 Å². The number of anilines is 2. The predicted octanol–water partition coefficient (Wildman–Crippen LogP) is 2.52. The highest BCUT2D eigenvalue weighted by Crippen LogP contribution is 2.11. The van der Waals surface area contributed by atoms with E-state index in [1.807, 2.05) is 12.1 Å². The number of carbonyl (C=O) groups excluding carboxylic acids is 2. The summed E-state index contributed by atoms with van der Waals surface area (Å²) in [5, 5.41) is 5.75. The molecule has 0 aliphatic carbocycles. The first-order valence-electron chi connectivity index (χ1n) is 9.26. The molecule has 2 aromatic carbocycles. The third kappa shape index (κ3) is 6.75. The minimum absolute atomic E-state index is 0.109. The summed E-state index contributed by atoms with van der Waals surface area (Å²) < 4.78 is 0. The van der Waals surface area contributed by atoms with Crippen molar-refractivity contribution in [2.75, 3.05) is 37.2 Å². The zero-order chi connectivity index (χ0) is 19.6. The number of likely N-dealkylation sites (N-methyl/N-ethyl adjacent to an activating group) is 1. The Bertz CT molecular complexity index is 738. The Hall–Kier alpha value is -2.86. The van der Waals surface area contributed by atoms with Crippen LogP contribution in [0.4, 0.5) is 11.4 Å². The van der Waals surface area contributed by atoms with Crippen molar-refractivity contribution in [1.29, 1.82) is 0 Å². The average Bonchev–Trinajstić information content (AvgIpc) is 2.67. The minimum atomic E-state index is -0.115. The molecule has 0 atom stereocenters. The number of nitrogens with zero attached hydrogens (tertiary/aromatic N) is 1. The molecule has 0 aliphatic heterocycles. The van der Waals surface area contributed by atoms with Gasteiger partial charge in [-0.2, -0.15) is 0 Å². The Morgan fingerprint density at radius 2 is 1.59 bits per heavy atom. The number of rotatable bonds is 9. The number of amides is 2. The second-order valence-electron chi connectivity index (χ2n) is 6.33. The van der Waals surface area contributed by atoms with Crippen LogP contribution in [0.3, 0.4) is 0 Å². The molecule has 2 amide bonds. The van der Waals surface area contributed by atoms with Crippen LogP contribution in [0.1, 0.15) is 29.8 Å². The molecule has 0 spiro atoms. The molecule has 6 heteroatoms. The Labute approximate surface area is 160 Å². The third-order valence-electron chi connectivity index (χ3n) is 4.38. The number of nitrogen functional groups attached to an aromatic ring is 1. The first-order valence-corrected chi connectivity index (χ1v) is 9.26. The lowest BCUT2D eigenvalue weighted by molar-refractivity contribution is -0.115. The van der Waals surface area contributed by atoms with Gasteiger partial charge < -0.3 is 21.3 Å². The molecule has 0 saturated heterocycles. The van der Waals surface area contributed by atoms with Gasteiger partial charge >= 0.3 is 0 Å². The molecule has 0 bridgehead atoms. The van der Waals surface area contributed by atoms with Crippen molar-refractivity contribution in [3.63, 3.8) is 0 Å². The van der Waals surface area contributed by atoms with E-state index in [1.165, 1.54) is 0 Å². The maximum absolute atomic E-state index is 12.2. The molecule has 2 aromatic rings. The van der Waals surface area contributed by atoms with Crippen LogP contribution in [0.25, 0.3) is 0 Å². The van der Waals surface area contributed by atoms with Gasteiger partial charge in [-0.15, -0.1) is 0 Å². The van der Waals surface area contributed by atoms with Crippen molar-refractivity contribution in [3.8, 4) is 0 Å². The molecule has 0 unspecified atom stereocenters. The van der Waals surface area contributed by atoms with E-state index in [2.05, 4.69) is 29.4 Å². The van der Waals surface area contributed by atoms with Crippen LogP contribution in [0.5, 0.6) is 0 Å². The summed E-state index contributed by atoms with van der Waals surface area (Å²) in [7, 11) is 0. The number of carbonyl (C=O) groups is 2. The second-order valence-corrected chi connectivity index (χ2v) is 6.33. The van der Waals surface area contributed by atoms with Crippen LogP contribution in [0.2, 0.25) is 0 Å². The molecule has 27 heavy (non-hydrogen) atoms. The van der Waals surface area contributed by atoms with Gasteiger partial charge in [0.05, 0.1) is 6.42 Å². The van der Waals surface area contributed by atoms with E-state index in [1.54, 1.807) is 36.4 Å². The topological polar surface area (TPSA) is 87.5 Å². The number of hydrogen-bond acceptors (Lipinski definition) is 4. The summed E-state index contributed by atoms with van der Waals surface area (Å²) in [5.74, 6) is -0.224. The van der Waals surface area contributed by atoms with Gasteiger partial charge in [0.2, 0.25) is 5.91 Å². The summed E-state index contributed by atoms with van der Waals surface area (Å²) in [5.41, 5.74) is 8.45. The van der Waals surface area contributed by atoms with E-state index < -0.39 is 0 Å². The third-order valence-corrected chi connectivity index (χ3v) is 4.38. The molecular weight excluding hydrogens is 340 g/mol. The number of hydrogen-bond donors (Lipinski definition) is 3. The van der Waals surface area contributed by atoms with Crippen LogP contribution in [0, 0.1) is 0 Å². The smallest absolute Gasteiger partial charge is 0.251 e. The first-order chi connectivity index (χ1) is 13.0. The molecule has 0 radical (unpaired) electrons. The standard InChI is InChI=1S/C21H28N4O2/c1-3-25(4-2)14-13-23-21(27)17-7-11-19(12-8-17)24-20(26)15-16-5-9-18(22)10-6-16/h5-12H,3-4,13-15,22H2,1-2H3,(H,23,27)(H,24,26). The van der Waals surface area contributed by atoms with Gasteiger partial charge in [-0.05, 0) is 55.1 Å². The van der Waals surface area contributed by atoms with Crippen molar-refractivity contribution in [3.05, 3.63) is 59.7 Å². The van der Waals surface area contributed by atoms with E-state index in [-0.39, 0.29) is 18.2 Å². The molecule has 0 heterocycles. The molecule has 144 valence electrons. The fourth-order valence-corrected chi connectivity index (χ4v) is 2.70. The second kappa shape index (κ2) is 10.3. The number of benzene rings is 2. The molecule has 4 N–H and O–H groups in total. The number of nitrogens with one attached hydrogen (secondary N) is 2. The maximum Gasteiger partial charge on any atom is 0.251 e. The van der Waals surface area contributed by atoms with Crippen LogP contribution in [0.15, 0.2) is 48.5 Å². The Morgan fingerprint density at radius 3 is 2.19 bits per heavy atom. The molecule has 0 aromatic heterocycles. The fraction of sp³-hybridized carbons (Fsp3) is 0.333. The van der Waals surface area contributed by atoms with Gasteiger partial charge in [0.1, 0.15) is 0 Å². The lowest BCUT2D eigenvalue weighted by atomic mass is 10.1. The maximum atomic E-state index is 12.2. The number of nitrogens with two attached hydrogens (primary N) is 1. The summed E-state index contributed by atoms with van der Waals surface area (Å²) in [6, 6.07) is 14.1. The monoisotopic (exact) mass is 368 g/mol. The zero-order valence-corrected chi connectivity index (χ0v) is 16.0. The van der Waals surface area contributed by atoms with Crippen molar-refractivity contribution in [1.82, 2.24) is 10.2 Å². The van der Waals surface area contributed by atoms with E-state index in [9.17, 15) is 9.59 Å². The minimum Gasteiger partial charge on any atom is -0.399 e. The molecule has 6 nitrogen and oxygen atoms in total. The molecule has 2 rings (SSSR count). The lowest BCUT2D eigenvalue weighted by Crippen LogP contribution is -2.34. The summed E-state index contributed by atoms with van der Waals surface area (Å²) in [4.78, 5) is 26.5. The van der Waals surface area contributed by atoms with Gasteiger partial charge in [0.15, 0.2) is 0 Å². The van der Waals surface area contributed by atoms with Crippen LogP contribution in [-0.4, -0.2) is 42.9 Å². The largest absolute Gasteiger partial charge is 0.399 e. The normalized spacial score (nSPS) is 10.6. The summed E-state index contributed by atoms with van der Waals surface area (Å²) in [6.07, 6.45) is 0.272. The van der Waals surface area contributed by atoms with Gasteiger partial charge in [-0.1, -0.05) is 26.0 Å². The fourth-order valence-electron chi connectivity index (χ4n) is 2.70. The van der Waals surface area contributed by atoms with E-state index >= 15 is 0 Å².